The predicted octanol–water partition coefficient (Wildman–Crippen LogP) is 3.68. The lowest BCUT2D eigenvalue weighted by Crippen LogP contribution is -2.27. The van der Waals surface area contributed by atoms with Gasteiger partial charge in [-0.25, -0.2) is 4.52 Å². The second kappa shape index (κ2) is 7.74. The third-order valence-electron chi connectivity index (χ3n) is 6.11. The number of rotatable bonds is 4. The molecule has 3 heterocycles. The van der Waals surface area contributed by atoms with E-state index in [0.717, 1.165) is 33.3 Å². The average Bonchev–Trinajstić information content (AvgIpc) is 3.34. The molecule has 0 aliphatic heterocycles. The number of H-pyrrole nitrogens is 1. The average molecular weight is 441 g/mol. The Morgan fingerprint density at radius 3 is 2.55 bits per heavy atom. The van der Waals surface area contributed by atoms with E-state index < -0.39 is 0 Å². The minimum Gasteiger partial charge on any atom is -0.344 e. The molecule has 3 aromatic heterocycles. The summed E-state index contributed by atoms with van der Waals surface area (Å²) in [5.74, 6) is -0.347. The molecule has 1 atom stereocenters. The van der Waals surface area contributed by atoms with Crippen molar-refractivity contribution in [1.29, 1.82) is 0 Å². The van der Waals surface area contributed by atoms with Crippen LogP contribution >= 0.6 is 0 Å². The highest BCUT2D eigenvalue weighted by Crippen LogP contribution is 2.23. The normalized spacial score (nSPS) is 12.4. The standard InChI is InChI=1S/C25H24N6O2/c1-14(23-15(2)28-30(4)16(23)3)26-24(32)20-12-22-25(33)27-21(13-31(22)29-20)19-10-9-17-7-5-6-8-18(17)11-19/h5-14H,1-4H3,(H,26,32)(H,27,33). The van der Waals surface area contributed by atoms with Crippen LogP contribution in [0.1, 0.15) is 40.4 Å². The Morgan fingerprint density at radius 2 is 1.82 bits per heavy atom. The molecule has 5 aromatic rings. The molecule has 0 spiro atoms. The largest absolute Gasteiger partial charge is 0.344 e. The van der Waals surface area contributed by atoms with Gasteiger partial charge in [-0.3, -0.25) is 14.3 Å². The van der Waals surface area contributed by atoms with Gasteiger partial charge in [0, 0.05) is 29.9 Å². The van der Waals surface area contributed by atoms with Crippen molar-refractivity contribution >= 4 is 22.2 Å². The summed E-state index contributed by atoms with van der Waals surface area (Å²) < 4.78 is 3.26. The lowest BCUT2D eigenvalue weighted by molar-refractivity contribution is 0.0934. The fourth-order valence-corrected chi connectivity index (χ4v) is 4.38. The van der Waals surface area contributed by atoms with Gasteiger partial charge in [-0.05, 0) is 37.6 Å². The van der Waals surface area contributed by atoms with Gasteiger partial charge in [-0.1, -0.05) is 36.4 Å². The lowest BCUT2D eigenvalue weighted by atomic mass is 10.1. The van der Waals surface area contributed by atoms with Crippen molar-refractivity contribution < 1.29 is 4.79 Å². The van der Waals surface area contributed by atoms with E-state index in [1.165, 1.54) is 10.6 Å². The predicted molar refractivity (Wildman–Crippen MR) is 127 cm³/mol. The maximum atomic E-state index is 12.9. The zero-order valence-electron chi connectivity index (χ0n) is 18.9. The van der Waals surface area contributed by atoms with Crippen LogP contribution in [-0.2, 0) is 7.05 Å². The number of benzene rings is 2. The van der Waals surface area contributed by atoms with Crippen LogP contribution in [0.5, 0.6) is 0 Å². The summed E-state index contributed by atoms with van der Waals surface area (Å²) in [5.41, 5.74) is 4.52. The minimum atomic E-state index is -0.347. The van der Waals surface area contributed by atoms with Crippen LogP contribution in [0.3, 0.4) is 0 Å². The van der Waals surface area contributed by atoms with Gasteiger partial charge in [-0.2, -0.15) is 10.2 Å². The van der Waals surface area contributed by atoms with Crippen LogP contribution < -0.4 is 10.9 Å². The first-order chi connectivity index (χ1) is 15.8. The monoisotopic (exact) mass is 440 g/mol. The number of aromatic nitrogens is 5. The van der Waals surface area contributed by atoms with E-state index in [1.807, 2.05) is 70.3 Å². The van der Waals surface area contributed by atoms with Crippen LogP contribution in [0.15, 0.2) is 59.5 Å². The molecule has 1 amide bonds. The highest BCUT2D eigenvalue weighted by atomic mass is 16.2. The fourth-order valence-electron chi connectivity index (χ4n) is 4.38. The number of aryl methyl sites for hydroxylation is 2. The van der Waals surface area contributed by atoms with Crippen LogP contribution in [0, 0.1) is 13.8 Å². The zero-order chi connectivity index (χ0) is 23.3. The van der Waals surface area contributed by atoms with Gasteiger partial charge in [0.15, 0.2) is 5.69 Å². The maximum Gasteiger partial charge on any atom is 0.274 e. The summed E-state index contributed by atoms with van der Waals surface area (Å²) in [5, 5.41) is 14.0. The molecule has 33 heavy (non-hydrogen) atoms. The Morgan fingerprint density at radius 1 is 1.06 bits per heavy atom. The molecule has 0 saturated carbocycles. The van der Waals surface area contributed by atoms with E-state index in [9.17, 15) is 9.59 Å². The number of hydrogen-bond donors (Lipinski definition) is 2. The Hall–Kier alpha value is -4.20. The van der Waals surface area contributed by atoms with Crippen molar-refractivity contribution in [2.24, 2.45) is 7.05 Å². The molecule has 1 unspecified atom stereocenters. The molecule has 5 rings (SSSR count). The minimum absolute atomic E-state index is 0.183. The zero-order valence-corrected chi connectivity index (χ0v) is 18.9. The molecule has 8 nitrogen and oxygen atoms in total. The van der Waals surface area contributed by atoms with Crippen molar-refractivity contribution in [3.63, 3.8) is 0 Å². The quantitative estimate of drug-likeness (QED) is 0.445. The molecule has 0 radical (unpaired) electrons. The van der Waals surface area contributed by atoms with Gasteiger partial charge in [0.05, 0.1) is 23.6 Å². The Balaban J connectivity index is 1.47. The van der Waals surface area contributed by atoms with Crippen LogP contribution in [0.2, 0.25) is 0 Å². The van der Waals surface area contributed by atoms with Crippen LogP contribution in [-0.4, -0.2) is 30.3 Å². The lowest BCUT2D eigenvalue weighted by Gasteiger charge is -2.13. The molecule has 0 aliphatic rings. The van der Waals surface area contributed by atoms with Crippen molar-refractivity contribution in [3.8, 4) is 11.3 Å². The van der Waals surface area contributed by atoms with Gasteiger partial charge in [0.2, 0.25) is 0 Å². The maximum absolute atomic E-state index is 12.9. The molecular weight excluding hydrogens is 416 g/mol. The fraction of sp³-hybridized carbons (Fsp3) is 0.200. The highest BCUT2D eigenvalue weighted by molar-refractivity contribution is 5.94. The Kier molecular flexibility index (Phi) is 4.85. The molecular formula is C25H24N6O2. The van der Waals surface area contributed by atoms with Crippen molar-refractivity contribution in [2.75, 3.05) is 0 Å². The molecule has 8 heteroatoms. The number of amides is 1. The van der Waals surface area contributed by atoms with Crippen molar-refractivity contribution in [1.82, 2.24) is 29.7 Å². The summed E-state index contributed by atoms with van der Waals surface area (Å²) >= 11 is 0. The number of aromatic amines is 1. The van der Waals surface area contributed by atoms with Crippen LogP contribution in [0.4, 0.5) is 0 Å². The number of hydrogen-bond acceptors (Lipinski definition) is 4. The molecule has 2 N–H and O–H groups in total. The van der Waals surface area contributed by atoms with E-state index in [1.54, 1.807) is 10.9 Å². The molecule has 0 bridgehead atoms. The van der Waals surface area contributed by atoms with Gasteiger partial charge < -0.3 is 10.3 Å². The molecule has 166 valence electrons. The first-order valence-electron chi connectivity index (χ1n) is 10.7. The molecule has 0 aliphatic carbocycles. The number of carbonyl (C=O) groups excluding carboxylic acids is 1. The third kappa shape index (κ3) is 3.59. The van der Waals surface area contributed by atoms with E-state index in [-0.39, 0.29) is 23.2 Å². The van der Waals surface area contributed by atoms with E-state index >= 15 is 0 Å². The summed E-state index contributed by atoms with van der Waals surface area (Å²) in [6.07, 6.45) is 1.73. The molecule has 2 aromatic carbocycles. The second-order valence-corrected chi connectivity index (χ2v) is 8.32. The van der Waals surface area contributed by atoms with E-state index in [2.05, 4.69) is 20.5 Å². The van der Waals surface area contributed by atoms with Gasteiger partial charge in [0.1, 0.15) is 5.52 Å². The van der Waals surface area contributed by atoms with Gasteiger partial charge in [0.25, 0.3) is 11.5 Å². The topological polar surface area (TPSA) is 97.1 Å². The van der Waals surface area contributed by atoms with Gasteiger partial charge >= 0.3 is 0 Å². The van der Waals surface area contributed by atoms with Gasteiger partial charge in [-0.15, -0.1) is 0 Å². The molecule has 0 fully saturated rings. The smallest absolute Gasteiger partial charge is 0.274 e. The Labute approximate surface area is 189 Å². The first-order valence-corrected chi connectivity index (χ1v) is 10.7. The number of nitrogens with zero attached hydrogens (tertiary/aromatic N) is 4. The molecule has 0 saturated heterocycles. The highest BCUT2D eigenvalue weighted by Gasteiger charge is 2.21. The van der Waals surface area contributed by atoms with Crippen LogP contribution in [0.25, 0.3) is 27.5 Å². The van der Waals surface area contributed by atoms with E-state index in [0.29, 0.717) is 11.2 Å². The SMILES string of the molecule is Cc1nn(C)c(C)c1C(C)NC(=O)c1cc2c(=O)[nH]c(-c3ccc4ccccc4c3)cn2n1. The number of fused-ring (bicyclic) bond motifs is 2. The Bertz CT molecular complexity index is 1590. The summed E-state index contributed by atoms with van der Waals surface area (Å²) in [7, 11) is 1.88. The third-order valence-corrected chi connectivity index (χ3v) is 6.11. The first kappa shape index (κ1) is 20.7. The van der Waals surface area contributed by atoms with Crippen molar-refractivity contribution in [2.45, 2.75) is 26.8 Å². The van der Waals surface area contributed by atoms with E-state index in [4.69, 9.17) is 0 Å². The number of carbonyl (C=O) groups is 1. The second-order valence-electron chi connectivity index (χ2n) is 8.32. The summed E-state index contributed by atoms with van der Waals surface area (Å²) in [6.45, 7) is 5.80. The number of nitrogens with one attached hydrogen (secondary N) is 2. The summed E-state index contributed by atoms with van der Waals surface area (Å²) in [4.78, 5) is 28.6. The van der Waals surface area contributed by atoms with Crippen molar-refractivity contribution in [3.05, 3.63) is 87.7 Å². The summed E-state index contributed by atoms with van der Waals surface area (Å²) in [6, 6.07) is 15.3.